The van der Waals surface area contributed by atoms with Crippen molar-refractivity contribution in [1.82, 2.24) is 19.7 Å². The number of aryl methyl sites for hydroxylation is 2. The van der Waals surface area contributed by atoms with Crippen LogP contribution < -0.4 is 5.69 Å². The fourth-order valence-electron chi connectivity index (χ4n) is 4.42. The van der Waals surface area contributed by atoms with E-state index in [4.69, 9.17) is 0 Å². The number of hydrogen-bond acceptors (Lipinski definition) is 3. The third kappa shape index (κ3) is 5.13. The highest BCUT2D eigenvalue weighted by Crippen LogP contribution is 2.23. The number of piperidine rings is 1. The zero-order valence-corrected chi connectivity index (χ0v) is 18.1. The summed E-state index contributed by atoms with van der Waals surface area (Å²) in [7, 11) is 0. The first-order valence-electron chi connectivity index (χ1n) is 11.2. The molecule has 0 atom stereocenters. The van der Waals surface area contributed by atoms with E-state index in [0.29, 0.717) is 12.3 Å². The molecule has 1 saturated heterocycles. The van der Waals surface area contributed by atoms with Crippen LogP contribution in [-0.4, -0.2) is 38.7 Å². The Morgan fingerprint density at radius 3 is 2.52 bits per heavy atom. The zero-order chi connectivity index (χ0) is 21.6. The number of aromatic amines is 1. The van der Waals surface area contributed by atoms with Crippen LogP contribution in [0.25, 0.3) is 5.69 Å². The number of carbonyl (C=O) groups is 1. The second kappa shape index (κ2) is 9.77. The van der Waals surface area contributed by atoms with Crippen molar-refractivity contribution in [1.29, 1.82) is 0 Å². The lowest BCUT2D eigenvalue weighted by Gasteiger charge is -2.32. The predicted molar refractivity (Wildman–Crippen MR) is 121 cm³/mol. The van der Waals surface area contributed by atoms with Gasteiger partial charge in [0.25, 0.3) is 0 Å². The molecule has 3 aromatic rings. The summed E-state index contributed by atoms with van der Waals surface area (Å²) in [6.45, 7) is 3.57. The average molecular weight is 419 g/mol. The largest absolute Gasteiger partial charge is 0.347 e. The number of aromatic nitrogens is 3. The monoisotopic (exact) mass is 418 g/mol. The molecule has 162 valence electrons. The summed E-state index contributed by atoms with van der Waals surface area (Å²) < 4.78 is 1.69. The molecular formula is C25H30N4O2. The first kappa shape index (κ1) is 21.1. The minimum Gasteiger partial charge on any atom is -0.343 e. The Morgan fingerprint density at radius 2 is 1.77 bits per heavy atom. The number of hydrogen-bond donors (Lipinski definition) is 1. The van der Waals surface area contributed by atoms with Gasteiger partial charge < -0.3 is 4.90 Å². The van der Waals surface area contributed by atoms with Crippen molar-refractivity contribution in [3.63, 3.8) is 0 Å². The van der Waals surface area contributed by atoms with Crippen molar-refractivity contribution in [3.05, 3.63) is 82.0 Å². The summed E-state index contributed by atoms with van der Waals surface area (Å²) in [5.41, 5.74) is 3.01. The van der Waals surface area contributed by atoms with Crippen LogP contribution in [0.1, 0.15) is 42.6 Å². The van der Waals surface area contributed by atoms with Crippen LogP contribution in [0.2, 0.25) is 0 Å². The summed E-state index contributed by atoms with van der Waals surface area (Å²) in [6.07, 6.45) is 5.06. The molecular weight excluding hydrogens is 388 g/mol. The Balaban J connectivity index is 1.30. The quantitative estimate of drug-likeness (QED) is 0.636. The predicted octanol–water partition coefficient (Wildman–Crippen LogP) is 3.67. The number of nitrogens with one attached hydrogen (secondary N) is 1. The molecule has 6 heteroatoms. The molecule has 1 fully saturated rings. The molecule has 2 heterocycles. The standard InChI is InChI=1S/C25H30N4O2/c1-19-8-5-6-12-22(19)29-23(26-27-25(29)31)18-21-14-16-28(17-15-21)24(30)13-7-11-20-9-3-2-4-10-20/h2-6,8-10,12,21H,7,11,13-18H2,1H3,(H,27,31). The molecule has 0 spiro atoms. The smallest absolute Gasteiger partial charge is 0.343 e. The van der Waals surface area contributed by atoms with Crippen molar-refractivity contribution in [2.45, 2.75) is 45.4 Å². The average Bonchev–Trinajstić information content (AvgIpc) is 3.15. The lowest BCUT2D eigenvalue weighted by molar-refractivity contribution is -0.132. The summed E-state index contributed by atoms with van der Waals surface area (Å²) in [6, 6.07) is 18.2. The molecule has 0 bridgehead atoms. The summed E-state index contributed by atoms with van der Waals surface area (Å²) >= 11 is 0. The first-order chi connectivity index (χ1) is 15.1. The molecule has 31 heavy (non-hydrogen) atoms. The first-order valence-corrected chi connectivity index (χ1v) is 11.2. The van der Waals surface area contributed by atoms with Gasteiger partial charge in [0.2, 0.25) is 5.91 Å². The Kier molecular flexibility index (Phi) is 6.65. The molecule has 0 radical (unpaired) electrons. The molecule has 1 aliphatic heterocycles. The van der Waals surface area contributed by atoms with Crippen LogP contribution in [0.3, 0.4) is 0 Å². The van der Waals surface area contributed by atoms with Gasteiger partial charge >= 0.3 is 5.69 Å². The molecule has 6 nitrogen and oxygen atoms in total. The van der Waals surface area contributed by atoms with Crippen LogP contribution in [0, 0.1) is 12.8 Å². The van der Waals surface area contributed by atoms with Gasteiger partial charge in [-0.25, -0.2) is 14.5 Å². The van der Waals surface area contributed by atoms with E-state index in [2.05, 4.69) is 22.3 Å². The van der Waals surface area contributed by atoms with Crippen molar-refractivity contribution in [2.75, 3.05) is 13.1 Å². The molecule has 1 aromatic heterocycles. The highest BCUT2D eigenvalue weighted by molar-refractivity contribution is 5.76. The van der Waals surface area contributed by atoms with Gasteiger partial charge in [-0.05, 0) is 55.7 Å². The highest BCUT2D eigenvalue weighted by atomic mass is 16.2. The summed E-state index contributed by atoms with van der Waals surface area (Å²) in [5.74, 6) is 1.45. The van der Waals surface area contributed by atoms with Crippen molar-refractivity contribution in [3.8, 4) is 5.69 Å². The highest BCUT2D eigenvalue weighted by Gasteiger charge is 2.25. The van der Waals surface area contributed by atoms with E-state index < -0.39 is 0 Å². The van der Waals surface area contributed by atoms with Gasteiger partial charge in [0.05, 0.1) is 5.69 Å². The van der Waals surface area contributed by atoms with Crippen LogP contribution in [0.4, 0.5) is 0 Å². The Morgan fingerprint density at radius 1 is 1.06 bits per heavy atom. The molecule has 1 N–H and O–H groups in total. The van der Waals surface area contributed by atoms with Crippen LogP contribution >= 0.6 is 0 Å². The normalized spacial score (nSPS) is 14.7. The number of amides is 1. The number of para-hydroxylation sites is 1. The lowest BCUT2D eigenvalue weighted by Crippen LogP contribution is -2.39. The van der Waals surface area contributed by atoms with E-state index in [-0.39, 0.29) is 11.6 Å². The molecule has 1 amide bonds. The van der Waals surface area contributed by atoms with Crippen LogP contribution in [-0.2, 0) is 17.6 Å². The van der Waals surface area contributed by atoms with Gasteiger partial charge in [0.15, 0.2) is 0 Å². The van der Waals surface area contributed by atoms with Gasteiger partial charge in [0, 0.05) is 25.9 Å². The second-order valence-electron chi connectivity index (χ2n) is 8.43. The summed E-state index contributed by atoms with van der Waals surface area (Å²) in [4.78, 5) is 27.0. The molecule has 1 aliphatic rings. The third-order valence-corrected chi connectivity index (χ3v) is 6.24. The lowest BCUT2D eigenvalue weighted by atomic mass is 9.93. The fourth-order valence-corrected chi connectivity index (χ4v) is 4.42. The van der Waals surface area contributed by atoms with Crippen molar-refractivity contribution < 1.29 is 4.79 Å². The van der Waals surface area contributed by atoms with Gasteiger partial charge in [0.1, 0.15) is 5.82 Å². The maximum absolute atomic E-state index is 12.6. The van der Waals surface area contributed by atoms with E-state index in [0.717, 1.165) is 62.3 Å². The minimum absolute atomic E-state index is 0.199. The zero-order valence-electron chi connectivity index (χ0n) is 18.1. The molecule has 4 rings (SSSR count). The number of H-pyrrole nitrogens is 1. The maximum Gasteiger partial charge on any atom is 0.347 e. The van der Waals surface area contributed by atoms with E-state index in [1.165, 1.54) is 5.56 Å². The van der Waals surface area contributed by atoms with Crippen LogP contribution in [0.15, 0.2) is 59.4 Å². The van der Waals surface area contributed by atoms with Gasteiger partial charge in [-0.2, -0.15) is 5.10 Å². The second-order valence-corrected chi connectivity index (χ2v) is 8.43. The van der Waals surface area contributed by atoms with E-state index in [9.17, 15) is 9.59 Å². The van der Waals surface area contributed by atoms with E-state index in [1.54, 1.807) is 4.57 Å². The molecule has 0 aliphatic carbocycles. The van der Waals surface area contributed by atoms with Gasteiger partial charge in [-0.3, -0.25) is 4.79 Å². The Labute approximate surface area is 182 Å². The summed E-state index contributed by atoms with van der Waals surface area (Å²) in [5, 5.41) is 6.90. The van der Waals surface area contributed by atoms with Crippen LogP contribution in [0.5, 0.6) is 0 Å². The van der Waals surface area contributed by atoms with Gasteiger partial charge in [-0.15, -0.1) is 0 Å². The topological polar surface area (TPSA) is 71.0 Å². The fraction of sp³-hybridized carbons (Fsp3) is 0.400. The molecule has 0 saturated carbocycles. The third-order valence-electron chi connectivity index (χ3n) is 6.24. The molecule has 2 aromatic carbocycles. The number of likely N-dealkylation sites (tertiary alicyclic amines) is 1. The number of rotatable bonds is 7. The maximum atomic E-state index is 12.6. The number of carbonyl (C=O) groups excluding carboxylic acids is 1. The van der Waals surface area contributed by atoms with Gasteiger partial charge in [-0.1, -0.05) is 48.5 Å². The molecule has 0 unspecified atom stereocenters. The minimum atomic E-state index is -0.199. The number of nitrogens with zero attached hydrogens (tertiary/aromatic N) is 3. The van der Waals surface area contributed by atoms with Crippen molar-refractivity contribution in [2.24, 2.45) is 5.92 Å². The Bertz CT molecular complexity index is 1060. The number of benzene rings is 2. The Hall–Kier alpha value is -3.15. The SMILES string of the molecule is Cc1ccccc1-n1c(CC2CCN(C(=O)CCCc3ccccc3)CC2)n[nH]c1=O. The van der Waals surface area contributed by atoms with E-state index in [1.807, 2.05) is 54.3 Å². The van der Waals surface area contributed by atoms with E-state index >= 15 is 0 Å². The van der Waals surface area contributed by atoms with Crippen molar-refractivity contribution >= 4 is 5.91 Å².